The predicted molar refractivity (Wildman–Crippen MR) is 123 cm³/mol. The Bertz CT molecular complexity index is 1210. The number of methoxy groups -OCH3 is 1. The Kier molecular flexibility index (Phi) is 4.90. The Morgan fingerprint density at radius 1 is 1.12 bits per heavy atom. The number of hydrogen-bond acceptors (Lipinski definition) is 7. The van der Waals surface area contributed by atoms with Crippen LogP contribution in [0.4, 0.5) is 10.2 Å². The van der Waals surface area contributed by atoms with Crippen LogP contribution in [-0.4, -0.2) is 47.5 Å². The first-order valence-electron chi connectivity index (χ1n) is 11.4. The molecule has 2 fully saturated rings. The van der Waals surface area contributed by atoms with Crippen molar-refractivity contribution in [2.75, 3.05) is 19.1 Å². The van der Waals surface area contributed by atoms with Gasteiger partial charge in [0.1, 0.15) is 18.2 Å². The van der Waals surface area contributed by atoms with Crippen LogP contribution in [0.3, 0.4) is 0 Å². The molecule has 3 aromatic rings. The second-order valence-corrected chi connectivity index (χ2v) is 9.16. The maximum Gasteiger partial charge on any atom is 0.233 e. The van der Waals surface area contributed by atoms with Crippen molar-refractivity contribution in [1.29, 1.82) is 0 Å². The lowest BCUT2D eigenvalue weighted by Crippen LogP contribution is -2.47. The van der Waals surface area contributed by atoms with Crippen molar-refractivity contribution >= 4 is 5.82 Å². The largest absolute Gasteiger partial charge is 0.480 e. The van der Waals surface area contributed by atoms with Crippen LogP contribution in [0.15, 0.2) is 36.5 Å². The summed E-state index contributed by atoms with van der Waals surface area (Å²) in [4.78, 5) is 7.04. The monoisotopic (exact) mass is 447 g/mol. The molecule has 7 nitrogen and oxygen atoms in total. The predicted octanol–water partition coefficient (Wildman–Crippen LogP) is 3.96. The fourth-order valence-electron chi connectivity index (χ4n) is 5.45. The molecule has 0 saturated carbocycles. The van der Waals surface area contributed by atoms with Gasteiger partial charge in [0.15, 0.2) is 0 Å². The van der Waals surface area contributed by atoms with Crippen molar-refractivity contribution in [3.05, 3.63) is 47.9 Å². The van der Waals surface area contributed by atoms with E-state index in [4.69, 9.17) is 14.5 Å². The molecular formula is C25H26FN5O2. The molecule has 0 radical (unpaired) electrons. The van der Waals surface area contributed by atoms with Gasteiger partial charge in [0, 0.05) is 53.5 Å². The number of halogens is 1. The number of hydrogen-bond donors (Lipinski definition) is 1. The molecule has 3 aliphatic rings. The molecule has 1 N–H and O–H groups in total. The third kappa shape index (κ3) is 3.58. The molecule has 2 bridgehead atoms. The van der Waals surface area contributed by atoms with Crippen molar-refractivity contribution in [2.45, 2.75) is 50.4 Å². The molecule has 33 heavy (non-hydrogen) atoms. The molecule has 5 heterocycles. The summed E-state index contributed by atoms with van der Waals surface area (Å²) >= 11 is 0. The highest BCUT2D eigenvalue weighted by molar-refractivity contribution is 5.79. The number of benzene rings is 1. The van der Waals surface area contributed by atoms with Gasteiger partial charge in [-0.3, -0.25) is 0 Å². The first kappa shape index (κ1) is 20.4. The molecular weight excluding hydrogens is 421 g/mol. The highest BCUT2D eigenvalue weighted by Crippen LogP contribution is 2.41. The second-order valence-electron chi connectivity index (χ2n) is 9.16. The molecule has 2 aromatic heterocycles. The summed E-state index contributed by atoms with van der Waals surface area (Å²) in [5.41, 5.74) is 3.46. The quantitative estimate of drug-likeness (QED) is 0.649. The summed E-state index contributed by atoms with van der Waals surface area (Å²) in [5, 5.41) is 11.5. The van der Waals surface area contributed by atoms with E-state index in [9.17, 15) is 0 Å². The van der Waals surface area contributed by atoms with Crippen molar-refractivity contribution in [3.8, 4) is 34.0 Å². The Hall–Kier alpha value is -3.26. The molecule has 1 unspecified atom stereocenters. The van der Waals surface area contributed by atoms with Gasteiger partial charge in [0.2, 0.25) is 11.8 Å². The lowest BCUT2D eigenvalue weighted by atomic mass is 9.94. The van der Waals surface area contributed by atoms with Gasteiger partial charge in [-0.25, -0.2) is 4.39 Å². The van der Waals surface area contributed by atoms with E-state index >= 15 is 4.39 Å². The van der Waals surface area contributed by atoms with Crippen molar-refractivity contribution in [1.82, 2.24) is 20.5 Å². The van der Waals surface area contributed by atoms with Crippen LogP contribution in [0.25, 0.3) is 22.3 Å². The van der Waals surface area contributed by atoms with Gasteiger partial charge in [-0.1, -0.05) is 0 Å². The SMILES string of the molecule is COc1cc(-c2cc(F)c3c(c2)COc2nc(N(C)C4C[C@H]5CC[C@@H](C4)N5)ccc2-3)cnn1. The molecule has 3 aliphatic heterocycles. The average molecular weight is 448 g/mol. The number of fused-ring (bicyclic) bond motifs is 5. The van der Waals surface area contributed by atoms with E-state index in [0.717, 1.165) is 29.8 Å². The number of ether oxygens (including phenoxy) is 2. The van der Waals surface area contributed by atoms with Gasteiger partial charge in [-0.2, -0.15) is 10.1 Å². The Morgan fingerprint density at radius 2 is 1.94 bits per heavy atom. The topological polar surface area (TPSA) is 72.4 Å². The lowest BCUT2D eigenvalue weighted by molar-refractivity contribution is 0.288. The molecule has 1 aromatic carbocycles. The Balaban J connectivity index is 1.31. The summed E-state index contributed by atoms with van der Waals surface area (Å²) in [6.07, 6.45) is 6.37. The van der Waals surface area contributed by atoms with E-state index in [0.29, 0.717) is 46.6 Å². The second kappa shape index (κ2) is 7.95. The van der Waals surface area contributed by atoms with Gasteiger partial charge in [0.25, 0.3) is 0 Å². The summed E-state index contributed by atoms with van der Waals surface area (Å²) in [6, 6.07) is 10.8. The average Bonchev–Trinajstić information content (AvgIpc) is 3.19. The summed E-state index contributed by atoms with van der Waals surface area (Å²) < 4.78 is 26.5. The number of aromatic nitrogens is 3. The van der Waals surface area contributed by atoms with Gasteiger partial charge in [-0.05, 0) is 55.5 Å². The molecule has 8 heteroatoms. The fraction of sp³-hybridized carbons (Fsp3) is 0.400. The van der Waals surface area contributed by atoms with E-state index in [2.05, 4.69) is 27.5 Å². The normalized spacial score (nSPS) is 22.8. The number of pyridine rings is 1. The van der Waals surface area contributed by atoms with Crippen molar-refractivity contribution in [3.63, 3.8) is 0 Å². The van der Waals surface area contributed by atoms with Crippen LogP contribution < -0.4 is 19.7 Å². The smallest absolute Gasteiger partial charge is 0.233 e. The molecule has 170 valence electrons. The zero-order valence-corrected chi connectivity index (χ0v) is 18.7. The number of anilines is 1. The molecule has 0 spiro atoms. The lowest BCUT2D eigenvalue weighted by Gasteiger charge is -2.36. The van der Waals surface area contributed by atoms with Gasteiger partial charge < -0.3 is 19.7 Å². The van der Waals surface area contributed by atoms with Crippen LogP contribution in [0.2, 0.25) is 0 Å². The zero-order chi connectivity index (χ0) is 22.5. The standard InChI is InChI=1S/C25H26FN5O2/c1-31(19-10-17-3-4-18(11-19)28-17)22-6-5-20-24-16(13-33-25(20)29-22)7-14(8-21(24)26)15-9-23(32-2)30-27-12-15/h5-9,12,17-19,28H,3-4,10-11,13H2,1-2H3/t17-,18+,19?. The molecule has 3 atom stereocenters. The van der Waals surface area contributed by atoms with Crippen LogP contribution in [0.5, 0.6) is 11.8 Å². The third-order valence-electron chi connectivity index (χ3n) is 7.18. The number of nitrogens with zero attached hydrogens (tertiary/aromatic N) is 4. The minimum absolute atomic E-state index is 0.264. The summed E-state index contributed by atoms with van der Waals surface area (Å²) in [6.45, 7) is 0.264. The highest BCUT2D eigenvalue weighted by atomic mass is 19.1. The van der Waals surface area contributed by atoms with E-state index < -0.39 is 0 Å². The van der Waals surface area contributed by atoms with E-state index in [1.165, 1.54) is 26.0 Å². The maximum absolute atomic E-state index is 15.4. The van der Waals surface area contributed by atoms with E-state index in [1.807, 2.05) is 18.2 Å². The first-order valence-corrected chi connectivity index (χ1v) is 11.4. The van der Waals surface area contributed by atoms with Crippen molar-refractivity contribution in [2.24, 2.45) is 0 Å². The number of rotatable bonds is 4. The van der Waals surface area contributed by atoms with Crippen LogP contribution in [0, 0.1) is 5.82 Å². The third-order valence-corrected chi connectivity index (χ3v) is 7.18. The number of nitrogens with one attached hydrogen (secondary N) is 1. The summed E-state index contributed by atoms with van der Waals surface area (Å²) in [7, 11) is 3.63. The van der Waals surface area contributed by atoms with Crippen molar-refractivity contribution < 1.29 is 13.9 Å². The molecule has 0 aliphatic carbocycles. The first-order chi connectivity index (χ1) is 16.1. The van der Waals surface area contributed by atoms with Crippen LogP contribution in [-0.2, 0) is 6.61 Å². The van der Waals surface area contributed by atoms with Crippen LogP contribution in [0.1, 0.15) is 31.2 Å². The maximum atomic E-state index is 15.4. The van der Waals surface area contributed by atoms with Gasteiger partial charge in [-0.15, -0.1) is 5.10 Å². The minimum Gasteiger partial charge on any atom is -0.480 e. The molecule has 6 rings (SSSR count). The minimum atomic E-state index is -0.305. The van der Waals surface area contributed by atoms with Gasteiger partial charge in [0.05, 0.1) is 13.3 Å². The zero-order valence-electron chi connectivity index (χ0n) is 18.7. The number of piperidine rings is 1. The Labute approximate surface area is 192 Å². The highest BCUT2D eigenvalue weighted by Gasteiger charge is 2.36. The van der Waals surface area contributed by atoms with E-state index in [1.54, 1.807) is 12.3 Å². The van der Waals surface area contributed by atoms with Crippen LogP contribution >= 0.6 is 0 Å². The van der Waals surface area contributed by atoms with Gasteiger partial charge >= 0.3 is 0 Å². The fourth-order valence-corrected chi connectivity index (χ4v) is 5.45. The molecule has 2 saturated heterocycles. The summed E-state index contributed by atoms with van der Waals surface area (Å²) in [5.74, 6) is 1.44. The molecule has 0 amide bonds. The Morgan fingerprint density at radius 3 is 2.73 bits per heavy atom. The van der Waals surface area contributed by atoms with E-state index in [-0.39, 0.29) is 12.4 Å².